The number of halogens is 4. The lowest BCUT2D eigenvalue weighted by atomic mass is 10.2. The van der Waals surface area contributed by atoms with Gasteiger partial charge in [-0.2, -0.15) is 13.2 Å². The summed E-state index contributed by atoms with van der Waals surface area (Å²) < 4.78 is 54.6. The van der Waals surface area contributed by atoms with Crippen LogP contribution in [0.25, 0.3) is 11.0 Å². The van der Waals surface area contributed by atoms with Gasteiger partial charge in [0, 0.05) is 6.07 Å². The number of nitrogens with zero attached hydrogens (tertiary/aromatic N) is 1. The Morgan fingerprint density at radius 2 is 1.97 bits per heavy atom. The van der Waals surface area contributed by atoms with E-state index in [2.05, 4.69) is 0 Å². The zero-order valence-electron chi connectivity index (χ0n) is 15.3. The average Bonchev–Trinajstić information content (AvgIpc) is 2.98. The molecule has 158 valence electrons. The molecule has 0 saturated heterocycles. The summed E-state index contributed by atoms with van der Waals surface area (Å²) in [6, 6.07) is 6.22. The van der Waals surface area contributed by atoms with Gasteiger partial charge in [0.15, 0.2) is 11.5 Å². The summed E-state index contributed by atoms with van der Waals surface area (Å²) in [7, 11) is 0. The maximum atomic E-state index is 12.8. The van der Waals surface area contributed by atoms with E-state index in [1.165, 1.54) is 12.1 Å². The minimum atomic E-state index is -4.58. The molecular formula is C19H13ClF3NO6. The van der Waals surface area contributed by atoms with Crippen molar-refractivity contribution in [3.05, 3.63) is 62.9 Å². The first-order chi connectivity index (χ1) is 14.1. The molecular weight excluding hydrogens is 431 g/mol. The van der Waals surface area contributed by atoms with Gasteiger partial charge in [-0.3, -0.25) is 14.9 Å². The average molecular weight is 444 g/mol. The minimum absolute atomic E-state index is 0.00499. The topological polar surface area (TPSA) is 91.8 Å². The molecule has 11 heteroatoms. The second-order valence-corrected chi connectivity index (χ2v) is 6.43. The van der Waals surface area contributed by atoms with Crippen molar-refractivity contribution in [3.63, 3.8) is 0 Å². The number of fused-ring (bicyclic) bond motifs is 1. The van der Waals surface area contributed by atoms with E-state index in [9.17, 15) is 28.1 Å². The van der Waals surface area contributed by atoms with E-state index >= 15 is 0 Å². The number of benzene rings is 2. The van der Waals surface area contributed by atoms with Gasteiger partial charge in [-0.15, -0.1) is 0 Å². The Hall–Kier alpha value is -3.27. The van der Waals surface area contributed by atoms with Gasteiger partial charge in [0.05, 0.1) is 33.6 Å². The fourth-order valence-corrected chi connectivity index (χ4v) is 2.89. The van der Waals surface area contributed by atoms with Crippen LogP contribution in [0.4, 0.5) is 18.9 Å². The first-order valence-corrected chi connectivity index (χ1v) is 8.88. The van der Waals surface area contributed by atoms with Crippen molar-refractivity contribution in [2.75, 3.05) is 6.61 Å². The number of ether oxygens (including phenoxy) is 2. The van der Waals surface area contributed by atoms with Crippen LogP contribution in [0, 0.1) is 10.1 Å². The number of hydrogen-bond acceptors (Lipinski definition) is 6. The molecule has 0 aliphatic heterocycles. The minimum Gasteiger partial charge on any atom is -0.466 e. The van der Waals surface area contributed by atoms with E-state index in [-0.39, 0.29) is 52.0 Å². The second kappa shape index (κ2) is 8.23. The number of furan rings is 1. The molecule has 7 nitrogen and oxygen atoms in total. The number of carbonyl (C=O) groups is 1. The monoisotopic (exact) mass is 443 g/mol. The van der Waals surface area contributed by atoms with Gasteiger partial charge >= 0.3 is 12.1 Å². The summed E-state index contributed by atoms with van der Waals surface area (Å²) in [4.78, 5) is 22.3. The van der Waals surface area contributed by atoms with Crippen molar-refractivity contribution in [1.29, 1.82) is 0 Å². The molecule has 0 fully saturated rings. The molecule has 0 amide bonds. The largest absolute Gasteiger partial charge is 0.466 e. The fraction of sp³-hybridized carbons (Fsp3) is 0.211. The predicted molar refractivity (Wildman–Crippen MR) is 99.7 cm³/mol. The molecule has 3 rings (SSSR count). The number of non-ortho nitro benzene ring substituents is 1. The molecule has 0 spiro atoms. The van der Waals surface area contributed by atoms with Gasteiger partial charge in [0.2, 0.25) is 0 Å². The number of carbonyl (C=O) groups excluding carboxylic acids is 1. The summed E-state index contributed by atoms with van der Waals surface area (Å²) in [5.74, 6) is -0.778. The van der Waals surface area contributed by atoms with Crippen LogP contribution in [0.15, 0.2) is 40.8 Å². The Morgan fingerprint density at radius 1 is 1.23 bits per heavy atom. The third-order valence-corrected chi connectivity index (χ3v) is 4.28. The fourth-order valence-electron chi connectivity index (χ4n) is 2.67. The van der Waals surface area contributed by atoms with E-state index in [1.54, 1.807) is 6.92 Å². The molecule has 1 aromatic heterocycles. The summed E-state index contributed by atoms with van der Waals surface area (Å²) >= 11 is 5.94. The SMILES string of the molecule is CCOC(=O)Cc1oc2cc([N+](=O)[O-])ccc2c1Oc1ccc(C(F)(F)F)cc1Cl. The molecule has 0 radical (unpaired) electrons. The van der Waals surface area contributed by atoms with Gasteiger partial charge in [-0.1, -0.05) is 11.6 Å². The molecule has 0 N–H and O–H groups in total. The van der Waals surface area contributed by atoms with Gasteiger partial charge in [0.1, 0.15) is 17.8 Å². The van der Waals surface area contributed by atoms with E-state index in [4.69, 9.17) is 25.5 Å². The number of alkyl halides is 3. The molecule has 0 unspecified atom stereocenters. The third-order valence-electron chi connectivity index (χ3n) is 3.99. The zero-order valence-corrected chi connectivity index (χ0v) is 16.0. The number of esters is 1. The van der Waals surface area contributed by atoms with Gasteiger partial charge in [0.25, 0.3) is 5.69 Å². The Kier molecular flexibility index (Phi) is 5.88. The van der Waals surface area contributed by atoms with Crippen molar-refractivity contribution in [1.82, 2.24) is 0 Å². The highest BCUT2D eigenvalue weighted by Gasteiger charge is 2.31. The van der Waals surface area contributed by atoms with Crippen LogP contribution in [0.1, 0.15) is 18.2 Å². The Bertz CT molecular complexity index is 1130. The van der Waals surface area contributed by atoms with Crippen molar-refractivity contribution in [2.24, 2.45) is 0 Å². The highest BCUT2D eigenvalue weighted by Crippen LogP contribution is 2.41. The Balaban J connectivity index is 2.06. The van der Waals surface area contributed by atoms with E-state index in [1.807, 2.05) is 0 Å². The Labute approximate surface area is 172 Å². The quantitative estimate of drug-likeness (QED) is 0.267. The Morgan fingerprint density at radius 3 is 2.57 bits per heavy atom. The molecule has 0 aliphatic rings. The molecule has 30 heavy (non-hydrogen) atoms. The number of nitro benzene ring substituents is 1. The van der Waals surface area contributed by atoms with Crippen molar-refractivity contribution in [3.8, 4) is 11.5 Å². The summed E-state index contributed by atoms with van der Waals surface area (Å²) in [6.07, 6.45) is -4.94. The highest BCUT2D eigenvalue weighted by atomic mass is 35.5. The van der Waals surface area contributed by atoms with E-state index in [0.29, 0.717) is 6.07 Å². The predicted octanol–water partition coefficient (Wildman–Crippen LogP) is 5.91. The molecule has 1 heterocycles. The van der Waals surface area contributed by atoms with Crippen LogP contribution >= 0.6 is 11.6 Å². The van der Waals surface area contributed by atoms with Crippen molar-refractivity contribution < 1.29 is 36.8 Å². The van der Waals surface area contributed by atoms with Crippen molar-refractivity contribution >= 4 is 34.2 Å². The van der Waals surface area contributed by atoms with Gasteiger partial charge < -0.3 is 13.9 Å². The summed E-state index contributed by atoms with van der Waals surface area (Å²) in [6.45, 7) is 1.73. The van der Waals surface area contributed by atoms with E-state index in [0.717, 1.165) is 18.2 Å². The first-order valence-electron chi connectivity index (χ1n) is 8.50. The lowest BCUT2D eigenvalue weighted by Gasteiger charge is -2.11. The maximum Gasteiger partial charge on any atom is 0.416 e. The smallest absolute Gasteiger partial charge is 0.416 e. The summed E-state index contributed by atoms with van der Waals surface area (Å²) in [5, 5.41) is 11.0. The first kappa shape index (κ1) is 21.4. The van der Waals surface area contributed by atoms with E-state index < -0.39 is 22.6 Å². The molecule has 3 aromatic rings. The summed E-state index contributed by atoms with van der Waals surface area (Å²) in [5.41, 5.74) is -1.15. The van der Waals surface area contributed by atoms with Crippen LogP contribution < -0.4 is 4.74 Å². The molecule has 2 aromatic carbocycles. The lowest BCUT2D eigenvalue weighted by Crippen LogP contribution is -2.07. The number of rotatable bonds is 6. The lowest BCUT2D eigenvalue weighted by molar-refractivity contribution is -0.384. The van der Waals surface area contributed by atoms with Crippen LogP contribution in [-0.2, 0) is 22.1 Å². The molecule has 0 atom stereocenters. The zero-order chi connectivity index (χ0) is 22.1. The van der Waals surface area contributed by atoms with Crippen LogP contribution in [0.5, 0.6) is 11.5 Å². The normalized spacial score (nSPS) is 11.5. The number of hydrogen-bond donors (Lipinski definition) is 0. The van der Waals surface area contributed by atoms with Crippen LogP contribution in [0.2, 0.25) is 5.02 Å². The third kappa shape index (κ3) is 4.48. The van der Waals surface area contributed by atoms with Crippen molar-refractivity contribution in [2.45, 2.75) is 19.5 Å². The molecule has 0 aliphatic carbocycles. The van der Waals surface area contributed by atoms with Crippen LogP contribution in [-0.4, -0.2) is 17.5 Å². The maximum absolute atomic E-state index is 12.8. The van der Waals surface area contributed by atoms with Crippen LogP contribution in [0.3, 0.4) is 0 Å². The molecule has 0 saturated carbocycles. The number of nitro groups is 1. The molecule has 0 bridgehead atoms. The van der Waals surface area contributed by atoms with Gasteiger partial charge in [-0.05, 0) is 31.2 Å². The second-order valence-electron chi connectivity index (χ2n) is 6.02. The standard InChI is InChI=1S/C19H13ClF3NO6/c1-2-28-17(25)9-16-18(12-5-4-11(24(26)27)8-15(12)29-16)30-14-6-3-10(7-13(14)20)19(21,22)23/h3-8H,2,9H2,1H3. The van der Waals surface area contributed by atoms with Gasteiger partial charge in [-0.25, -0.2) is 0 Å². The highest BCUT2D eigenvalue weighted by molar-refractivity contribution is 6.32.